The predicted octanol–water partition coefficient (Wildman–Crippen LogP) is 1.65. The molecule has 1 atom stereocenters. The summed E-state index contributed by atoms with van der Waals surface area (Å²) >= 11 is 0. The van der Waals surface area contributed by atoms with E-state index in [1.807, 2.05) is 13.8 Å². The number of aromatic nitrogens is 2. The van der Waals surface area contributed by atoms with Gasteiger partial charge in [-0.3, -0.25) is 4.68 Å². The van der Waals surface area contributed by atoms with Crippen LogP contribution in [0.25, 0.3) is 0 Å². The molecule has 0 fully saturated rings. The topological polar surface area (TPSA) is 70.4 Å². The van der Waals surface area contributed by atoms with Crippen molar-refractivity contribution in [1.29, 1.82) is 0 Å². The summed E-state index contributed by atoms with van der Waals surface area (Å²) in [4.78, 5) is 23.4. The fourth-order valence-electron chi connectivity index (χ4n) is 1.58. The first kappa shape index (κ1) is 15.2. The van der Waals surface area contributed by atoms with E-state index in [1.165, 1.54) is 11.8 Å². The van der Waals surface area contributed by atoms with Crippen LogP contribution in [0.4, 0.5) is 0 Å². The summed E-state index contributed by atoms with van der Waals surface area (Å²) in [7, 11) is 2.93. The standard InChI is InChI=1S/C13H20N2O4/c1-6-11(13(17)18-5)19-12(16)10-7-9(8(2)3)14-15(10)4/h7-8,11H,6H2,1-5H3/t11-/m1/s1. The molecule has 106 valence electrons. The first-order chi connectivity index (χ1) is 8.90. The molecule has 1 aromatic rings. The molecule has 0 spiro atoms. The lowest BCUT2D eigenvalue weighted by molar-refractivity contribution is -0.151. The second kappa shape index (κ2) is 6.36. The fraction of sp³-hybridized carbons (Fsp3) is 0.615. The van der Waals surface area contributed by atoms with E-state index in [-0.39, 0.29) is 5.92 Å². The fourth-order valence-corrected chi connectivity index (χ4v) is 1.58. The van der Waals surface area contributed by atoms with E-state index in [2.05, 4.69) is 9.84 Å². The van der Waals surface area contributed by atoms with Crippen molar-refractivity contribution in [2.24, 2.45) is 7.05 Å². The van der Waals surface area contributed by atoms with Crippen molar-refractivity contribution in [3.63, 3.8) is 0 Å². The number of carbonyl (C=O) groups is 2. The quantitative estimate of drug-likeness (QED) is 0.759. The predicted molar refractivity (Wildman–Crippen MR) is 68.8 cm³/mol. The zero-order valence-corrected chi connectivity index (χ0v) is 12.0. The third-order valence-corrected chi connectivity index (χ3v) is 2.78. The van der Waals surface area contributed by atoms with E-state index in [0.717, 1.165) is 5.69 Å². The molecule has 0 saturated carbocycles. The van der Waals surface area contributed by atoms with Gasteiger partial charge in [-0.15, -0.1) is 0 Å². The smallest absolute Gasteiger partial charge is 0.357 e. The molecule has 0 N–H and O–H groups in total. The van der Waals surface area contributed by atoms with Crippen molar-refractivity contribution < 1.29 is 19.1 Å². The highest BCUT2D eigenvalue weighted by atomic mass is 16.6. The van der Waals surface area contributed by atoms with Crippen LogP contribution in [0.1, 0.15) is 49.3 Å². The molecule has 0 bridgehead atoms. The van der Waals surface area contributed by atoms with Crippen LogP contribution in [0.3, 0.4) is 0 Å². The van der Waals surface area contributed by atoms with Gasteiger partial charge in [-0.25, -0.2) is 9.59 Å². The highest BCUT2D eigenvalue weighted by Crippen LogP contribution is 2.15. The SMILES string of the molecule is CC[C@@H](OC(=O)c1cc(C(C)C)nn1C)C(=O)OC. The summed E-state index contributed by atoms with van der Waals surface area (Å²) in [6, 6.07) is 1.68. The van der Waals surface area contributed by atoms with E-state index in [1.54, 1.807) is 20.0 Å². The molecule has 0 aliphatic rings. The number of aryl methyl sites for hydroxylation is 1. The van der Waals surface area contributed by atoms with Crippen molar-refractivity contribution in [3.05, 3.63) is 17.5 Å². The molecule has 0 saturated heterocycles. The molecule has 0 amide bonds. The van der Waals surface area contributed by atoms with Crippen molar-refractivity contribution in [1.82, 2.24) is 9.78 Å². The molecule has 0 aromatic carbocycles. The third-order valence-electron chi connectivity index (χ3n) is 2.78. The zero-order valence-electron chi connectivity index (χ0n) is 12.0. The second-order valence-electron chi connectivity index (χ2n) is 4.56. The van der Waals surface area contributed by atoms with E-state index in [9.17, 15) is 9.59 Å². The van der Waals surface area contributed by atoms with Crippen molar-refractivity contribution in [2.75, 3.05) is 7.11 Å². The van der Waals surface area contributed by atoms with Crippen molar-refractivity contribution in [2.45, 2.75) is 39.2 Å². The van der Waals surface area contributed by atoms with Gasteiger partial charge in [0.2, 0.25) is 0 Å². The number of hydrogen-bond acceptors (Lipinski definition) is 5. The Morgan fingerprint density at radius 3 is 2.47 bits per heavy atom. The lowest BCUT2D eigenvalue weighted by Crippen LogP contribution is -2.28. The van der Waals surface area contributed by atoms with Gasteiger partial charge in [-0.1, -0.05) is 20.8 Å². The zero-order chi connectivity index (χ0) is 14.6. The second-order valence-corrected chi connectivity index (χ2v) is 4.56. The number of hydrogen-bond donors (Lipinski definition) is 0. The molecule has 0 aliphatic heterocycles. The van der Waals surface area contributed by atoms with Gasteiger partial charge in [0.15, 0.2) is 6.10 Å². The van der Waals surface area contributed by atoms with E-state index in [4.69, 9.17) is 4.74 Å². The Bertz CT molecular complexity index is 465. The van der Waals surface area contributed by atoms with E-state index in [0.29, 0.717) is 12.1 Å². The van der Waals surface area contributed by atoms with Crippen LogP contribution >= 0.6 is 0 Å². The maximum atomic E-state index is 12.0. The molecule has 6 heteroatoms. The van der Waals surface area contributed by atoms with Crippen LogP contribution in [-0.4, -0.2) is 34.9 Å². The molecule has 0 unspecified atom stereocenters. The van der Waals surface area contributed by atoms with Gasteiger partial charge in [0.1, 0.15) is 5.69 Å². The van der Waals surface area contributed by atoms with Gasteiger partial charge < -0.3 is 9.47 Å². The number of ether oxygens (including phenoxy) is 2. The summed E-state index contributed by atoms with van der Waals surface area (Å²) < 4.78 is 11.2. The summed E-state index contributed by atoms with van der Waals surface area (Å²) in [5.41, 5.74) is 1.13. The first-order valence-corrected chi connectivity index (χ1v) is 6.23. The minimum atomic E-state index is -0.880. The van der Waals surface area contributed by atoms with Crippen LogP contribution in [0.15, 0.2) is 6.07 Å². The number of carbonyl (C=O) groups excluding carboxylic acids is 2. The lowest BCUT2D eigenvalue weighted by atomic mass is 10.1. The Labute approximate surface area is 112 Å². The minimum absolute atomic E-state index is 0.218. The maximum absolute atomic E-state index is 12.0. The molecule has 0 radical (unpaired) electrons. The van der Waals surface area contributed by atoms with Crippen LogP contribution < -0.4 is 0 Å². The molecular formula is C13H20N2O4. The minimum Gasteiger partial charge on any atom is -0.466 e. The highest BCUT2D eigenvalue weighted by Gasteiger charge is 2.24. The normalized spacial score (nSPS) is 12.3. The van der Waals surface area contributed by atoms with Gasteiger partial charge in [0, 0.05) is 7.05 Å². The molecule has 6 nitrogen and oxygen atoms in total. The van der Waals surface area contributed by atoms with Gasteiger partial charge in [-0.2, -0.15) is 5.10 Å². The number of nitrogens with zero attached hydrogens (tertiary/aromatic N) is 2. The Morgan fingerprint density at radius 1 is 1.42 bits per heavy atom. The average molecular weight is 268 g/mol. The summed E-state index contributed by atoms with van der Waals surface area (Å²) in [6.45, 7) is 5.72. The third kappa shape index (κ3) is 3.56. The van der Waals surface area contributed by atoms with Crippen molar-refractivity contribution >= 4 is 11.9 Å². The maximum Gasteiger partial charge on any atom is 0.357 e. The Hall–Kier alpha value is -1.85. The van der Waals surface area contributed by atoms with Gasteiger partial charge in [-0.05, 0) is 18.4 Å². The Balaban J connectivity index is 2.85. The Kier molecular flexibility index (Phi) is 5.09. The van der Waals surface area contributed by atoms with Gasteiger partial charge >= 0.3 is 11.9 Å². The first-order valence-electron chi connectivity index (χ1n) is 6.23. The molecule has 1 aromatic heterocycles. The Morgan fingerprint density at radius 2 is 2.05 bits per heavy atom. The number of rotatable bonds is 5. The molecule has 19 heavy (non-hydrogen) atoms. The average Bonchev–Trinajstić information content (AvgIpc) is 2.77. The summed E-state index contributed by atoms with van der Waals surface area (Å²) in [6.07, 6.45) is -0.511. The summed E-state index contributed by atoms with van der Waals surface area (Å²) in [5, 5.41) is 4.23. The number of methoxy groups -OCH3 is 1. The number of esters is 2. The van der Waals surface area contributed by atoms with Crippen LogP contribution in [0.5, 0.6) is 0 Å². The van der Waals surface area contributed by atoms with Crippen LogP contribution in [0.2, 0.25) is 0 Å². The lowest BCUT2D eigenvalue weighted by Gasteiger charge is -2.13. The molecular weight excluding hydrogens is 248 g/mol. The van der Waals surface area contributed by atoms with E-state index < -0.39 is 18.0 Å². The highest BCUT2D eigenvalue weighted by molar-refractivity contribution is 5.90. The molecule has 0 aliphatic carbocycles. The van der Waals surface area contributed by atoms with E-state index >= 15 is 0 Å². The summed E-state index contributed by atoms with van der Waals surface area (Å²) in [5.74, 6) is -0.906. The van der Waals surface area contributed by atoms with Crippen LogP contribution in [0, 0.1) is 0 Å². The van der Waals surface area contributed by atoms with Crippen LogP contribution in [-0.2, 0) is 21.3 Å². The van der Waals surface area contributed by atoms with Crippen molar-refractivity contribution in [3.8, 4) is 0 Å². The monoisotopic (exact) mass is 268 g/mol. The largest absolute Gasteiger partial charge is 0.466 e. The van der Waals surface area contributed by atoms with Gasteiger partial charge in [0.05, 0.1) is 12.8 Å². The van der Waals surface area contributed by atoms with Gasteiger partial charge in [0.25, 0.3) is 0 Å². The molecule has 1 heterocycles. The molecule has 1 rings (SSSR count).